The van der Waals surface area contributed by atoms with Gasteiger partial charge in [-0.25, -0.2) is 8.42 Å². The van der Waals surface area contributed by atoms with Gasteiger partial charge in [0.1, 0.15) is 0 Å². The quantitative estimate of drug-likeness (QED) is 0.593. The van der Waals surface area contributed by atoms with Crippen LogP contribution in [-0.4, -0.2) is 41.4 Å². The first-order chi connectivity index (χ1) is 14.4. The number of sulfonamides is 1. The zero-order chi connectivity index (χ0) is 23.1. The molecule has 0 atom stereocenters. The van der Waals surface area contributed by atoms with Gasteiger partial charge in [-0.1, -0.05) is 6.07 Å². The highest BCUT2D eigenvalue weighted by Crippen LogP contribution is 2.20. The highest BCUT2D eigenvalue weighted by atomic mass is 32.2. The summed E-state index contributed by atoms with van der Waals surface area (Å²) in [6.45, 7) is 3.49. The number of anilines is 1. The van der Waals surface area contributed by atoms with Crippen molar-refractivity contribution in [3.8, 4) is 0 Å². The summed E-state index contributed by atoms with van der Waals surface area (Å²) in [4.78, 5) is 36.3. The van der Waals surface area contributed by atoms with E-state index in [9.17, 15) is 22.8 Å². The molecule has 0 spiro atoms. The molecule has 164 valence electrons. The van der Waals surface area contributed by atoms with Crippen molar-refractivity contribution in [2.75, 3.05) is 18.9 Å². The standard InChI is InChI=1S/C21H24N4O5S/c1-13-6-7-15(10-14(13)2)22-19(26)12-23(3)31(29,30)16-8-9-17-18(11-16)25(5)21(28)20(27)24(17)4/h6-11H,12H2,1-5H3,(H,22,26). The summed E-state index contributed by atoms with van der Waals surface area (Å²) in [5.41, 5.74) is 1.93. The Labute approximate surface area is 179 Å². The van der Waals surface area contributed by atoms with Crippen LogP contribution in [-0.2, 0) is 28.9 Å². The van der Waals surface area contributed by atoms with Crippen LogP contribution in [0.4, 0.5) is 5.69 Å². The van der Waals surface area contributed by atoms with Crippen LogP contribution in [0.3, 0.4) is 0 Å². The summed E-state index contributed by atoms with van der Waals surface area (Å²) in [6, 6.07) is 9.57. The number of amides is 1. The first-order valence-corrected chi connectivity index (χ1v) is 10.9. The maximum atomic E-state index is 13.0. The number of likely N-dealkylation sites (N-methyl/N-ethyl adjacent to an activating group) is 1. The lowest BCUT2D eigenvalue weighted by Crippen LogP contribution is -2.39. The van der Waals surface area contributed by atoms with E-state index in [0.717, 1.165) is 20.0 Å². The van der Waals surface area contributed by atoms with Crippen molar-refractivity contribution in [3.05, 3.63) is 68.2 Å². The third-order valence-corrected chi connectivity index (χ3v) is 7.13. The second-order valence-corrected chi connectivity index (χ2v) is 9.53. The van der Waals surface area contributed by atoms with Crippen LogP contribution in [0.2, 0.25) is 0 Å². The van der Waals surface area contributed by atoms with Gasteiger partial charge in [-0.15, -0.1) is 0 Å². The van der Waals surface area contributed by atoms with E-state index in [1.165, 1.54) is 43.9 Å². The Morgan fingerprint density at radius 2 is 1.55 bits per heavy atom. The summed E-state index contributed by atoms with van der Waals surface area (Å²) < 4.78 is 29.2. The molecule has 1 N–H and O–H groups in total. The Morgan fingerprint density at radius 1 is 0.935 bits per heavy atom. The molecule has 3 rings (SSSR count). The summed E-state index contributed by atoms with van der Waals surface area (Å²) in [6.07, 6.45) is 0. The monoisotopic (exact) mass is 444 g/mol. The van der Waals surface area contributed by atoms with Gasteiger partial charge in [-0.3, -0.25) is 14.4 Å². The third kappa shape index (κ3) is 4.17. The number of aryl methyl sites for hydroxylation is 4. The average Bonchev–Trinajstić information content (AvgIpc) is 2.72. The third-order valence-electron chi connectivity index (χ3n) is 5.33. The fourth-order valence-electron chi connectivity index (χ4n) is 3.21. The molecule has 10 heteroatoms. The molecule has 1 heterocycles. The predicted molar refractivity (Wildman–Crippen MR) is 119 cm³/mol. The molecule has 2 aromatic carbocycles. The van der Waals surface area contributed by atoms with Crippen LogP contribution in [0, 0.1) is 13.8 Å². The molecule has 3 aromatic rings. The Kier molecular flexibility index (Phi) is 5.88. The molecule has 31 heavy (non-hydrogen) atoms. The number of hydrogen-bond acceptors (Lipinski definition) is 5. The Hall–Kier alpha value is -3.24. The Balaban J connectivity index is 1.89. The fourth-order valence-corrected chi connectivity index (χ4v) is 4.36. The van der Waals surface area contributed by atoms with E-state index < -0.39 is 27.0 Å². The minimum absolute atomic E-state index is 0.0878. The molecule has 0 unspecified atom stereocenters. The molecule has 0 aliphatic rings. The Morgan fingerprint density at radius 3 is 2.16 bits per heavy atom. The number of nitrogens with one attached hydrogen (secondary N) is 1. The van der Waals surface area contributed by atoms with Gasteiger partial charge < -0.3 is 14.5 Å². The lowest BCUT2D eigenvalue weighted by molar-refractivity contribution is -0.116. The molecule has 1 aromatic heterocycles. The van der Waals surface area contributed by atoms with Gasteiger partial charge in [-0.2, -0.15) is 4.31 Å². The van der Waals surface area contributed by atoms with Gasteiger partial charge in [0, 0.05) is 26.8 Å². The number of aromatic nitrogens is 2. The van der Waals surface area contributed by atoms with Crippen LogP contribution < -0.4 is 16.4 Å². The van der Waals surface area contributed by atoms with Crippen molar-refractivity contribution in [2.24, 2.45) is 14.1 Å². The second-order valence-electron chi connectivity index (χ2n) is 7.49. The van der Waals surface area contributed by atoms with E-state index in [0.29, 0.717) is 16.7 Å². The molecule has 0 saturated carbocycles. The molecular formula is C21H24N4O5S. The van der Waals surface area contributed by atoms with Gasteiger partial charge >= 0.3 is 11.1 Å². The van der Waals surface area contributed by atoms with Crippen LogP contribution in [0.5, 0.6) is 0 Å². The zero-order valence-electron chi connectivity index (χ0n) is 18.0. The number of hydrogen-bond donors (Lipinski definition) is 1. The highest BCUT2D eigenvalue weighted by Gasteiger charge is 2.24. The highest BCUT2D eigenvalue weighted by molar-refractivity contribution is 7.89. The maximum Gasteiger partial charge on any atom is 0.316 e. The van der Waals surface area contributed by atoms with Gasteiger partial charge in [0.25, 0.3) is 0 Å². The van der Waals surface area contributed by atoms with Crippen LogP contribution in [0.15, 0.2) is 50.9 Å². The number of fused-ring (bicyclic) bond motifs is 1. The summed E-state index contributed by atoms with van der Waals surface area (Å²) in [5, 5.41) is 2.70. The molecule has 1 amide bonds. The van der Waals surface area contributed by atoms with E-state index in [1.807, 2.05) is 26.0 Å². The van der Waals surface area contributed by atoms with E-state index >= 15 is 0 Å². The maximum absolute atomic E-state index is 13.0. The van der Waals surface area contributed by atoms with Crippen molar-refractivity contribution in [3.63, 3.8) is 0 Å². The molecule has 0 bridgehead atoms. The molecule has 0 radical (unpaired) electrons. The topological polar surface area (TPSA) is 110 Å². The van der Waals surface area contributed by atoms with Crippen molar-refractivity contribution in [2.45, 2.75) is 18.7 Å². The second kappa shape index (κ2) is 8.12. The van der Waals surface area contributed by atoms with E-state index in [4.69, 9.17) is 0 Å². The molecule has 0 saturated heterocycles. The van der Waals surface area contributed by atoms with Gasteiger partial charge in [0.2, 0.25) is 15.9 Å². The van der Waals surface area contributed by atoms with Gasteiger partial charge in [0.05, 0.1) is 22.5 Å². The predicted octanol–water partition coefficient (Wildman–Crippen LogP) is 1.11. The SMILES string of the molecule is Cc1ccc(NC(=O)CN(C)S(=O)(=O)c2ccc3c(c2)n(C)c(=O)c(=O)n3C)cc1C. The summed E-state index contributed by atoms with van der Waals surface area (Å²) in [7, 11) is 0.143. The molecular weight excluding hydrogens is 420 g/mol. The van der Waals surface area contributed by atoms with Crippen LogP contribution >= 0.6 is 0 Å². The first kappa shape index (κ1) is 22.4. The fraction of sp³-hybridized carbons (Fsp3) is 0.286. The van der Waals surface area contributed by atoms with Gasteiger partial charge in [0.15, 0.2) is 0 Å². The van der Waals surface area contributed by atoms with E-state index in [2.05, 4.69) is 5.32 Å². The van der Waals surface area contributed by atoms with Crippen molar-refractivity contribution < 1.29 is 13.2 Å². The largest absolute Gasteiger partial charge is 0.325 e. The number of carbonyl (C=O) groups excluding carboxylic acids is 1. The minimum Gasteiger partial charge on any atom is -0.325 e. The van der Waals surface area contributed by atoms with Crippen LogP contribution in [0.25, 0.3) is 11.0 Å². The molecule has 0 fully saturated rings. The number of nitrogens with zero attached hydrogens (tertiary/aromatic N) is 3. The van der Waals surface area contributed by atoms with Gasteiger partial charge in [-0.05, 0) is 55.3 Å². The van der Waals surface area contributed by atoms with Crippen LogP contribution in [0.1, 0.15) is 11.1 Å². The normalized spacial score (nSPS) is 11.8. The number of rotatable bonds is 5. The van der Waals surface area contributed by atoms with Crippen molar-refractivity contribution in [1.29, 1.82) is 0 Å². The smallest absolute Gasteiger partial charge is 0.316 e. The van der Waals surface area contributed by atoms with Crippen molar-refractivity contribution >= 4 is 32.7 Å². The lowest BCUT2D eigenvalue weighted by atomic mass is 10.1. The number of carbonyl (C=O) groups is 1. The minimum atomic E-state index is -4.02. The Bertz CT molecular complexity index is 1420. The van der Waals surface area contributed by atoms with Crippen molar-refractivity contribution in [1.82, 2.24) is 13.4 Å². The number of benzene rings is 2. The summed E-state index contributed by atoms with van der Waals surface area (Å²) >= 11 is 0. The first-order valence-electron chi connectivity index (χ1n) is 9.46. The summed E-state index contributed by atoms with van der Waals surface area (Å²) in [5.74, 6) is -0.482. The van der Waals surface area contributed by atoms with E-state index in [-0.39, 0.29) is 11.4 Å². The van der Waals surface area contributed by atoms with E-state index in [1.54, 1.807) is 6.07 Å². The molecule has 0 aliphatic carbocycles. The molecule has 9 nitrogen and oxygen atoms in total. The average molecular weight is 445 g/mol. The zero-order valence-corrected chi connectivity index (χ0v) is 18.8. The molecule has 0 aliphatic heterocycles. The lowest BCUT2D eigenvalue weighted by Gasteiger charge is -2.18.